The first-order valence-electron chi connectivity index (χ1n) is 6.27. The average Bonchev–Trinajstić information content (AvgIpc) is 2.90. The molecule has 0 bridgehead atoms. The molecule has 108 valence electrons. The van der Waals surface area contributed by atoms with E-state index in [1.807, 2.05) is 0 Å². The molecule has 0 aliphatic heterocycles. The van der Waals surface area contributed by atoms with Crippen LogP contribution in [0.5, 0.6) is 0 Å². The van der Waals surface area contributed by atoms with Crippen LogP contribution in [0, 0.1) is 5.82 Å². The molecule has 20 heavy (non-hydrogen) atoms. The van der Waals surface area contributed by atoms with Crippen molar-refractivity contribution in [2.75, 3.05) is 13.2 Å². The zero-order valence-electron chi connectivity index (χ0n) is 11.0. The highest BCUT2D eigenvalue weighted by Crippen LogP contribution is 2.28. The number of thiophene rings is 1. The third-order valence-electron chi connectivity index (χ3n) is 3.39. The van der Waals surface area contributed by atoms with Crippen LogP contribution in [0.15, 0.2) is 24.3 Å². The van der Waals surface area contributed by atoms with Crippen molar-refractivity contribution in [1.82, 2.24) is 5.32 Å². The lowest BCUT2D eigenvalue weighted by atomic mass is 9.98. The molecule has 6 heteroatoms. The number of aliphatic hydroxyl groups is 2. The number of nitrogens with one attached hydrogen (secondary N) is 1. The quantitative estimate of drug-likeness (QED) is 0.789. The summed E-state index contributed by atoms with van der Waals surface area (Å²) in [6.07, 6.45) is 0.394. The number of fused-ring (bicyclic) bond motifs is 1. The largest absolute Gasteiger partial charge is 0.394 e. The third-order valence-corrected chi connectivity index (χ3v) is 4.49. The van der Waals surface area contributed by atoms with Gasteiger partial charge in [0.1, 0.15) is 5.82 Å². The lowest BCUT2D eigenvalue weighted by molar-refractivity contribution is 0.0656. The molecule has 1 heterocycles. The van der Waals surface area contributed by atoms with Gasteiger partial charge in [0.25, 0.3) is 5.91 Å². The Balaban J connectivity index is 2.30. The molecule has 0 spiro atoms. The van der Waals surface area contributed by atoms with Gasteiger partial charge in [-0.2, -0.15) is 0 Å². The molecular weight excluding hydrogens is 281 g/mol. The van der Waals surface area contributed by atoms with E-state index in [9.17, 15) is 19.4 Å². The molecule has 1 aromatic heterocycles. The summed E-state index contributed by atoms with van der Waals surface area (Å²) in [4.78, 5) is 12.5. The van der Waals surface area contributed by atoms with Crippen molar-refractivity contribution in [1.29, 1.82) is 0 Å². The third kappa shape index (κ3) is 2.67. The standard InChI is InChI=1S/C14H16FNO3S/c1-2-14(7-17,8-18)16-13(19)12-6-9-10(15)4-3-5-11(9)20-12/h3-6,17-18H,2,7-8H2,1H3,(H,16,19). The molecule has 0 aliphatic rings. The van der Waals surface area contributed by atoms with Crippen molar-refractivity contribution >= 4 is 27.3 Å². The van der Waals surface area contributed by atoms with Gasteiger partial charge >= 0.3 is 0 Å². The van der Waals surface area contributed by atoms with Gasteiger partial charge < -0.3 is 15.5 Å². The summed E-state index contributed by atoms with van der Waals surface area (Å²) in [6.45, 7) is 1.05. The second kappa shape index (κ2) is 5.87. The zero-order valence-corrected chi connectivity index (χ0v) is 11.8. The van der Waals surface area contributed by atoms with Crippen molar-refractivity contribution in [3.05, 3.63) is 35.0 Å². The molecule has 1 aromatic carbocycles. The van der Waals surface area contributed by atoms with Crippen molar-refractivity contribution in [3.8, 4) is 0 Å². The topological polar surface area (TPSA) is 69.6 Å². The van der Waals surface area contributed by atoms with Gasteiger partial charge in [0.05, 0.1) is 23.6 Å². The van der Waals surface area contributed by atoms with Crippen LogP contribution in [0.25, 0.3) is 10.1 Å². The molecule has 0 saturated carbocycles. The molecule has 2 aromatic rings. The highest BCUT2D eigenvalue weighted by Gasteiger charge is 2.29. The van der Waals surface area contributed by atoms with Crippen LogP contribution in [0.2, 0.25) is 0 Å². The first kappa shape index (κ1) is 14.9. The molecule has 0 fully saturated rings. The highest BCUT2D eigenvalue weighted by molar-refractivity contribution is 7.20. The van der Waals surface area contributed by atoms with Gasteiger partial charge in [-0.25, -0.2) is 4.39 Å². The van der Waals surface area contributed by atoms with E-state index in [1.54, 1.807) is 19.1 Å². The Morgan fingerprint density at radius 1 is 1.40 bits per heavy atom. The maximum Gasteiger partial charge on any atom is 0.261 e. The Morgan fingerprint density at radius 2 is 2.10 bits per heavy atom. The molecule has 1 amide bonds. The summed E-state index contributed by atoms with van der Waals surface area (Å²) < 4.78 is 14.3. The van der Waals surface area contributed by atoms with Gasteiger partial charge in [-0.05, 0) is 24.6 Å². The number of hydrogen-bond donors (Lipinski definition) is 3. The van der Waals surface area contributed by atoms with Crippen molar-refractivity contribution in [3.63, 3.8) is 0 Å². The van der Waals surface area contributed by atoms with E-state index >= 15 is 0 Å². The van der Waals surface area contributed by atoms with Crippen LogP contribution in [0.1, 0.15) is 23.0 Å². The highest BCUT2D eigenvalue weighted by atomic mass is 32.1. The van der Waals surface area contributed by atoms with Gasteiger partial charge in [0, 0.05) is 10.1 Å². The van der Waals surface area contributed by atoms with Crippen molar-refractivity contribution in [2.45, 2.75) is 18.9 Å². The van der Waals surface area contributed by atoms with E-state index in [2.05, 4.69) is 5.32 Å². The van der Waals surface area contributed by atoms with Gasteiger partial charge in [-0.1, -0.05) is 13.0 Å². The predicted molar refractivity (Wildman–Crippen MR) is 76.4 cm³/mol. The minimum absolute atomic E-state index is 0.352. The van der Waals surface area contributed by atoms with E-state index in [0.29, 0.717) is 21.4 Å². The molecule has 4 nitrogen and oxygen atoms in total. The van der Waals surface area contributed by atoms with Gasteiger partial charge in [-0.3, -0.25) is 4.79 Å². The number of carbonyl (C=O) groups is 1. The fourth-order valence-corrected chi connectivity index (χ4v) is 2.85. The Bertz CT molecular complexity index is 614. The van der Waals surface area contributed by atoms with Crippen molar-refractivity contribution in [2.24, 2.45) is 0 Å². The molecule has 0 radical (unpaired) electrons. The second-order valence-corrected chi connectivity index (χ2v) is 5.75. The first-order valence-corrected chi connectivity index (χ1v) is 7.09. The maximum absolute atomic E-state index is 13.6. The number of hydrogen-bond acceptors (Lipinski definition) is 4. The van der Waals surface area contributed by atoms with Crippen LogP contribution in [-0.2, 0) is 0 Å². The van der Waals surface area contributed by atoms with Crippen LogP contribution in [-0.4, -0.2) is 34.9 Å². The summed E-state index contributed by atoms with van der Waals surface area (Å²) in [5, 5.41) is 21.7. The molecule has 0 atom stereocenters. The summed E-state index contributed by atoms with van der Waals surface area (Å²) in [7, 11) is 0. The number of halogens is 1. The number of rotatable bonds is 5. The van der Waals surface area contributed by atoms with E-state index < -0.39 is 11.4 Å². The Kier molecular flexibility index (Phi) is 4.37. The summed E-state index contributed by atoms with van der Waals surface area (Å²) in [5.41, 5.74) is -1.05. The summed E-state index contributed by atoms with van der Waals surface area (Å²) in [6, 6.07) is 6.16. The Labute approximate surface area is 119 Å². The van der Waals surface area contributed by atoms with Crippen LogP contribution < -0.4 is 5.32 Å². The van der Waals surface area contributed by atoms with Crippen LogP contribution in [0.4, 0.5) is 4.39 Å². The Morgan fingerprint density at radius 3 is 2.65 bits per heavy atom. The van der Waals surface area contributed by atoms with E-state index in [1.165, 1.54) is 23.5 Å². The fourth-order valence-electron chi connectivity index (χ4n) is 1.88. The SMILES string of the molecule is CCC(CO)(CO)NC(=O)c1cc2c(F)cccc2s1. The molecule has 3 N–H and O–H groups in total. The number of carbonyl (C=O) groups excluding carboxylic acids is 1. The van der Waals surface area contributed by atoms with Crippen LogP contribution >= 0.6 is 11.3 Å². The minimum Gasteiger partial charge on any atom is -0.394 e. The number of amides is 1. The smallest absolute Gasteiger partial charge is 0.261 e. The molecule has 0 unspecified atom stereocenters. The molecule has 2 rings (SSSR count). The van der Waals surface area contributed by atoms with Gasteiger partial charge in [-0.15, -0.1) is 11.3 Å². The molecule has 0 saturated heterocycles. The lowest BCUT2D eigenvalue weighted by Gasteiger charge is -2.29. The van der Waals surface area contributed by atoms with Gasteiger partial charge in [0.2, 0.25) is 0 Å². The molecular formula is C14H16FNO3S. The van der Waals surface area contributed by atoms with Crippen LogP contribution in [0.3, 0.4) is 0 Å². The van der Waals surface area contributed by atoms with Crippen molar-refractivity contribution < 1.29 is 19.4 Å². The Hall–Kier alpha value is -1.50. The van der Waals surface area contributed by atoms with E-state index in [-0.39, 0.29) is 19.0 Å². The normalized spacial score (nSPS) is 11.8. The van der Waals surface area contributed by atoms with E-state index in [4.69, 9.17) is 0 Å². The second-order valence-electron chi connectivity index (χ2n) is 4.67. The minimum atomic E-state index is -1.05. The van der Waals surface area contributed by atoms with E-state index in [0.717, 1.165) is 0 Å². The zero-order chi connectivity index (χ0) is 14.8. The fraction of sp³-hybridized carbons (Fsp3) is 0.357. The summed E-state index contributed by atoms with van der Waals surface area (Å²) >= 11 is 1.18. The molecule has 0 aliphatic carbocycles. The lowest BCUT2D eigenvalue weighted by Crippen LogP contribution is -2.53. The first-order chi connectivity index (χ1) is 9.55. The summed E-state index contributed by atoms with van der Waals surface area (Å²) in [5.74, 6) is -0.792. The van der Waals surface area contributed by atoms with Gasteiger partial charge in [0.15, 0.2) is 0 Å². The average molecular weight is 297 g/mol. The number of benzene rings is 1. The predicted octanol–water partition coefficient (Wildman–Crippen LogP) is 1.90. The monoisotopic (exact) mass is 297 g/mol. The maximum atomic E-state index is 13.6. The number of aliphatic hydroxyl groups excluding tert-OH is 2.